The van der Waals surface area contributed by atoms with E-state index in [1.54, 1.807) is 0 Å². The molecule has 1 aliphatic heterocycles. The molecule has 94 valence electrons. The van der Waals surface area contributed by atoms with Gasteiger partial charge in [0.1, 0.15) is 5.75 Å². The lowest BCUT2D eigenvalue weighted by molar-refractivity contribution is 0.0807. The fourth-order valence-electron chi connectivity index (χ4n) is 2.37. The van der Waals surface area contributed by atoms with Gasteiger partial charge in [0.05, 0.1) is 18.8 Å². The van der Waals surface area contributed by atoms with Crippen molar-refractivity contribution >= 4 is 0 Å². The van der Waals surface area contributed by atoms with Gasteiger partial charge in [0, 0.05) is 6.61 Å². The molecule has 0 bridgehead atoms. The van der Waals surface area contributed by atoms with Gasteiger partial charge in [-0.2, -0.15) is 0 Å². The molecule has 1 heterocycles. The standard InChI is InChI=1S/C14H21NO2/c1-3-16-12-8-6-11(7-9-12)14(15-2)13-5-4-10-17-13/h6-9,13-15H,3-5,10H2,1-2H3. The average molecular weight is 235 g/mol. The molecule has 17 heavy (non-hydrogen) atoms. The van der Waals surface area contributed by atoms with Crippen LogP contribution in [0.3, 0.4) is 0 Å². The number of rotatable bonds is 5. The van der Waals surface area contributed by atoms with E-state index in [2.05, 4.69) is 17.4 Å². The van der Waals surface area contributed by atoms with E-state index in [4.69, 9.17) is 9.47 Å². The van der Waals surface area contributed by atoms with Gasteiger partial charge in [-0.1, -0.05) is 12.1 Å². The van der Waals surface area contributed by atoms with Crippen LogP contribution in [-0.2, 0) is 4.74 Å². The third kappa shape index (κ3) is 2.99. The molecule has 1 aromatic rings. The molecule has 1 N–H and O–H groups in total. The minimum absolute atomic E-state index is 0.285. The highest BCUT2D eigenvalue weighted by molar-refractivity contribution is 5.29. The molecule has 0 radical (unpaired) electrons. The maximum Gasteiger partial charge on any atom is 0.119 e. The van der Waals surface area contributed by atoms with Gasteiger partial charge in [-0.25, -0.2) is 0 Å². The molecule has 0 spiro atoms. The number of nitrogens with one attached hydrogen (secondary N) is 1. The van der Waals surface area contributed by atoms with Crippen molar-refractivity contribution in [2.75, 3.05) is 20.3 Å². The largest absolute Gasteiger partial charge is 0.494 e. The first kappa shape index (κ1) is 12.4. The average Bonchev–Trinajstić information content (AvgIpc) is 2.86. The quantitative estimate of drug-likeness (QED) is 0.850. The van der Waals surface area contributed by atoms with E-state index in [1.807, 2.05) is 26.1 Å². The predicted octanol–water partition coefficient (Wildman–Crippen LogP) is 2.52. The summed E-state index contributed by atoms with van der Waals surface area (Å²) in [5.41, 5.74) is 1.27. The van der Waals surface area contributed by atoms with E-state index in [-0.39, 0.29) is 6.04 Å². The Bertz CT molecular complexity index is 331. The van der Waals surface area contributed by atoms with Gasteiger partial charge in [-0.3, -0.25) is 0 Å². The molecule has 2 unspecified atom stereocenters. The van der Waals surface area contributed by atoms with Crippen LogP contribution in [0.1, 0.15) is 31.4 Å². The summed E-state index contributed by atoms with van der Waals surface area (Å²) in [7, 11) is 1.99. The molecule has 1 fully saturated rings. The van der Waals surface area contributed by atoms with Gasteiger partial charge in [-0.15, -0.1) is 0 Å². The van der Waals surface area contributed by atoms with Crippen LogP contribution in [0.5, 0.6) is 5.75 Å². The molecule has 2 atom stereocenters. The van der Waals surface area contributed by atoms with Crippen LogP contribution in [0.2, 0.25) is 0 Å². The van der Waals surface area contributed by atoms with Crippen LogP contribution in [0.25, 0.3) is 0 Å². The lowest BCUT2D eigenvalue weighted by atomic mass is 9.99. The number of hydrogen-bond acceptors (Lipinski definition) is 3. The Morgan fingerprint density at radius 1 is 1.41 bits per heavy atom. The number of ether oxygens (including phenoxy) is 2. The summed E-state index contributed by atoms with van der Waals surface area (Å²) in [6.07, 6.45) is 2.61. The molecule has 3 nitrogen and oxygen atoms in total. The van der Waals surface area contributed by atoms with Crippen LogP contribution < -0.4 is 10.1 Å². The highest BCUT2D eigenvalue weighted by Crippen LogP contribution is 2.27. The van der Waals surface area contributed by atoms with E-state index >= 15 is 0 Å². The Hall–Kier alpha value is -1.06. The van der Waals surface area contributed by atoms with Crippen molar-refractivity contribution in [2.24, 2.45) is 0 Å². The zero-order chi connectivity index (χ0) is 12.1. The molecule has 3 heteroatoms. The summed E-state index contributed by atoms with van der Waals surface area (Å²) in [6, 6.07) is 8.57. The zero-order valence-electron chi connectivity index (χ0n) is 10.6. The van der Waals surface area contributed by atoms with Gasteiger partial charge in [0.2, 0.25) is 0 Å². The SMILES string of the molecule is CCOc1ccc(C(NC)C2CCCO2)cc1. The Balaban J connectivity index is 2.07. The summed E-state index contributed by atoms with van der Waals surface area (Å²) in [5.74, 6) is 0.929. The van der Waals surface area contributed by atoms with Gasteiger partial charge < -0.3 is 14.8 Å². The number of hydrogen-bond donors (Lipinski definition) is 1. The molecule has 0 saturated carbocycles. The summed E-state index contributed by atoms with van der Waals surface area (Å²) in [6.45, 7) is 3.59. The molecule has 1 aliphatic rings. The Morgan fingerprint density at radius 2 is 2.18 bits per heavy atom. The van der Waals surface area contributed by atoms with Crippen LogP contribution in [0.15, 0.2) is 24.3 Å². The maximum absolute atomic E-state index is 5.74. The van der Waals surface area contributed by atoms with Gasteiger partial charge >= 0.3 is 0 Å². The number of likely N-dealkylation sites (N-methyl/N-ethyl adjacent to an activating group) is 1. The predicted molar refractivity (Wildman–Crippen MR) is 68.4 cm³/mol. The van der Waals surface area contributed by atoms with E-state index in [1.165, 1.54) is 12.0 Å². The fourth-order valence-corrected chi connectivity index (χ4v) is 2.37. The molecular formula is C14H21NO2. The second-order valence-corrected chi connectivity index (χ2v) is 4.32. The third-order valence-corrected chi connectivity index (χ3v) is 3.20. The molecule has 1 saturated heterocycles. The first-order chi connectivity index (χ1) is 8.35. The molecule has 2 rings (SSSR count). The van der Waals surface area contributed by atoms with Gasteiger partial charge in [0.15, 0.2) is 0 Å². The van der Waals surface area contributed by atoms with E-state index < -0.39 is 0 Å². The van der Waals surface area contributed by atoms with Crippen LogP contribution in [0, 0.1) is 0 Å². The van der Waals surface area contributed by atoms with Crippen molar-refractivity contribution in [1.82, 2.24) is 5.32 Å². The Labute approximate surface area is 103 Å². The van der Waals surface area contributed by atoms with E-state index in [9.17, 15) is 0 Å². The molecule has 1 aromatic carbocycles. The fraction of sp³-hybridized carbons (Fsp3) is 0.571. The molecule has 0 aromatic heterocycles. The van der Waals surface area contributed by atoms with Crippen molar-refractivity contribution in [1.29, 1.82) is 0 Å². The molecular weight excluding hydrogens is 214 g/mol. The highest BCUT2D eigenvalue weighted by Gasteiger charge is 2.25. The topological polar surface area (TPSA) is 30.5 Å². The molecule has 0 amide bonds. The second-order valence-electron chi connectivity index (χ2n) is 4.32. The Kier molecular flexibility index (Phi) is 4.40. The summed E-state index contributed by atoms with van der Waals surface area (Å²) in [4.78, 5) is 0. The first-order valence-electron chi connectivity index (χ1n) is 6.36. The highest BCUT2D eigenvalue weighted by atomic mass is 16.5. The first-order valence-corrected chi connectivity index (χ1v) is 6.36. The Morgan fingerprint density at radius 3 is 2.71 bits per heavy atom. The smallest absolute Gasteiger partial charge is 0.119 e. The monoisotopic (exact) mass is 235 g/mol. The van der Waals surface area contributed by atoms with Gasteiger partial charge in [-0.05, 0) is 44.5 Å². The summed E-state index contributed by atoms with van der Waals surface area (Å²) < 4.78 is 11.2. The normalized spacial score (nSPS) is 21.4. The van der Waals surface area contributed by atoms with Crippen LogP contribution in [-0.4, -0.2) is 26.4 Å². The summed E-state index contributed by atoms with van der Waals surface area (Å²) >= 11 is 0. The lowest BCUT2D eigenvalue weighted by Gasteiger charge is -2.23. The van der Waals surface area contributed by atoms with Crippen LogP contribution in [0.4, 0.5) is 0 Å². The third-order valence-electron chi connectivity index (χ3n) is 3.20. The van der Waals surface area contributed by atoms with E-state index in [0.717, 1.165) is 18.8 Å². The molecule has 0 aliphatic carbocycles. The van der Waals surface area contributed by atoms with Crippen molar-refractivity contribution in [3.05, 3.63) is 29.8 Å². The lowest BCUT2D eigenvalue weighted by Crippen LogP contribution is -2.28. The second kappa shape index (κ2) is 6.03. The van der Waals surface area contributed by atoms with Gasteiger partial charge in [0.25, 0.3) is 0 Å². The minimum atomic E-state index is 0.285. The van der Waals surface area contributed by atoms with Crippen LogP contribution >= 0.6 is 0 Å². The zero-order valence-corrected chi connectivity index (χ0v) is 10.6. The van der Waals surface area contributed by atoms with Crippen molar-refractivity contribution in [2.45, 2.75) is 31.9 Å². The summed E-state index contributed by atoms with van der Waals surface area (Å²) in [5, 5.41) is 3.35. The van der Waals surface area contributed by atoms with E-state index in [0.29, 0.717) is 12.7 Å². The van der Waals surface area contributed by atoms with Crippen molar-refractivity contribution < 1.29 is 9.47 Å². The number of benzene rings is 1. The van der Waals surface area contributed by atoms with Crippen molar-refractivity contribution in [3.8, 4) is 5.75 Å². The minimum Gasteiger partial charge on any atom is -0.494 e. The van der Waals surface area contributed by atoms with Crippen molar-refractivity contribution in [3.63, 3.8) is 0 Å². The maximum atomic E-state index is 5.74.